The summed E-state index contributed by atoms with van der Waals surface area (Å²) in [4.78, 5) is 0.614. The Hall–Kier alpha value is -4.21. The van der Waals surface area contributed by atoms with E-state index in [1.54, 1.807) is 36.4 Å². The molecule has 0 unspecified atom stereocenters. The zero-order valence-corrected chi connectivity index (χ0v) is 23.5. The molecule has 0 saturated carbocycles. The van der Waals surface area contributed by atoms with Gasteiger partial charge in [-0.2, -0.15) is 0 Å². The summed E-state index contributed by atoms with van der Waals surface area (Å²) in [5.74, 6) is 0. The van der Waals surface area contributed by atoms with Crippen molar-refractivity contribution < 1.29 is 8.42 Å². The standard InChI is InChI=1S/C37H30O2S/c1-3-37(4-2)32-19-11-10-17-30(32)35-29-16-9-8-15-28(29)34(31-18-12-20-33(37)36(31)35)25-21-23-27(24-22-25)40(38,39)26-13-6-5-7-14-26/h5-24H,3-4H2,1-2H3. The lowest BCUT2D eigenvalue weighted by molar-refractivity contribution is 0.481. The number of sulfone groups is 1. The van der Waals surface area contributed by atoms with Crippen LogP contribution in [0.3, 0.4) is 0 Å². The van der Waals surface area contributed by atoms with Crippen LogP contribution in [0.25, 0.3) is 43.8 Å². The molecule has 2 nitrogen and oxygen atoms in total. The Morgan fingerprint density at radius 2 is 1.07 bits per heavy atom. The summed E-state index contributed by atoms with van der Waals surface area (Å²) in [6.45, 7) is 4.61. The molecule has 6 aromatic rings. The van der Waals surface area contributed by atoms with E-state index >= 15 is 0 Å². The average molecular weight is 539 g/mol. The van der Waals surface area contributed by atoms with Crippen LogP contribution in [0.5, 0.6) is 0 Å². The highest BCUT2D eigenvalue weighted by Gasteiger charge is 2.39. The van der Waals surface area contributed by atoms with Crippen molar-refractivity contribution in [2.45, 2.75) is 41.9 Å². The van der Waals surface area contributed by atoms with Crippen molar-refractivity contribution in [3.05, 3.63) is 132 Å². The summed E-state index contributed by atoms with van der Waals surface area (Å²) >= 11 is 0. The summed E-state index contributed by atoms with van der Waals surface area (Å²) in [6.07, 6.45) is 2.04. The molecule has 0 aliphatic heterocycles. The molecule has 6 aromatic carbocycles. The first-order valence-corrected chi connectivity index (χ1v) is 15.5. The minimum absolute atomic E-state index is 0.0591. The van der Waals surface area contributed by atoms with Crippen molar-refractivity contribution in [1.82, 2.24) is 0 Å². The molecule has 1 aliphatic carbocycles. The summed E-state index contributed by atoms with van der Waals surface area (Å²) in [7, 11) is -3.59. The van der Waals surface area contributed by atoms with Gasteiger partial charge in [0.05, 0.1) is 9.79 Å². The van der Waals surface area contributed by atoms with Crippen molar-refractivity contribution in [2.75, 3.05) is 0 Å². The van der Waals surface area contributed by atoms with Gasteiger partial charge in [0.2, 0.25) is 9.84 Å². The van der Waals surface area contributed by atoms with Crippen LogP contribution < -0.4 is 0 Å². The molecule has 0 aromatic heterocycles. The molecule has 40 heavy (non-hydrogen) atoms. The normalized spacial score (nSPS) is 13.8. The third-order valence-electron chi connectivity index (χ3n) is 8.99. The Morgan fingerprint density at radius 1 is 0.525 bits per heavy atom. The fraction of sp³-hybridized carbons (Fsp3) is 0.135. The van der Waals surface area contributed by atoms with Crippen molar-refractivity contribution in [3.8, 4) is 22.3 Å². The second kappa shape index (κ2) is 9.18. The molecular weight excluding hydrogens is 508 g/mol. The molecule has 0 amide bonds. The van der Waals surface area contributed by atoms with Crippen LogP contribution in [0.2, 0.25) is 0 Å². The van der Waals surface area contributed by atoms with Gasteiger partial charge in [-0.3, -0.25) is 0 Å². The molecule has 196 valence electrons. The van der Waals surface area contributed by atoms with Crippen molar-refractivity contribution in [1.29, 1.82) is 0 Å². The molecule has 0 radical (unpaired) electrons. The Labute approximate surface area is 235 Å². The highest BCUT2D eigenvalue weighted by molar-refractivity contribution is 7.91. The first-order chi connectivity index (χ1) is 19.5. The Morgan fingerprint density at radius 3 is 1.77 bits per heavy atom. The third kappa shape index (κ3) is 3.37. The number of hydrogen-bond donors (Lipinski definition) is 0. The van der Waals surface area contributed by atoms with E-state index in [1.165, 1.54) is 43.8 Å². The Bertz CT molecular complexity index is 2020. The summed E-state index contributed by atoms with van der Waals surface area (Å²) in [6, 6.07) is 40.4. The van der Waals surface area contributed by atoms with Gasteiger partial charge in [0.1, 0.15) is 0 Å². The van der Waals surface area contributed by atoms with Gasteiger partial charge in [-0.1, -0.05) is 111 Å². The smallest absolute Gasteiger partial charge is 0.206 e. The molecule has 0 fully saturated rings. The van der Waals surface area contributed by atoms with Gasteiger partial charge in [0, 0.05) is 5.41 Å². The minimum Gasteiger partial charge on any atom is -0.219 e. The van der Waals surface area contributed by atoms with Gasteiger partial charge >= 0.3 is 0 Å². The van der Waals surface area contributed by atoms with Crippen molar-refractivity contribution >= 4 is 31.4 Å². The number of rotatable bonds is 5. The van der Waals surface area contributed by atoms with Crippen LogP contribution in [0.4, 0.5) is 0 Å². The molecular formula is C37H30O2S. The topological polar surface area (TPSA) is 34.1 Å². The van der Waals surface area contributed by atoms with E-state index in [-0.39, 0.29) is 5.41 Å². The molecule has 1 aliphatic rings. The fourth-order valence-corrected chi connectivity index (χ4v) is 8.31. The lowest BCUT2D eigenvalue weighted by atomic mass is 9.62. The molecule has 0 bridgehead atoms. The van der Waals surface area contributed by atoms with Crippen LogP contribution in [-0.4, -0.2) is 8.42 Å². The number of hydrogen-bond acceptors (Lipinski definition) is 2. The van der Waals surface area contributed by atoms with Gasteiger partial charge < -0.3 is 0 Å². The monoisotopic (exact) mass is 538 g/mol. The van der Waals surface area contributed by atoms with E-state index < -0.39 is 9.84 Å². The van der Waals surface area contributed by atoms with Gasteiger partial charge in [-0.15, -0.1) is 0 Å². The Balaban J connectivity index is 1.55. The average Bonchev–Trinajstić information content (AvgIpc) is 3.02. The first kappa shape index (κ1) is 24.8. The number of benzene rings is 6. The molecule has 7 rings (SSSR count). The number of fused-ring (bicyclic) bond motifs is 4. The van der Waals surface area contributed by atoms with E-state index in [2.05, 4.69) is 80.6 Å². The summed E-state index contributed by atoms with van der Waals surface area (Å²) in [5, 5.41) is 4.94. The highest BCUT2D eigenvalue weighted by atomic mass is 32.2. The molecule has 0 heterocycles. The third-order valence-corrected chi connectivity index (χ3v) is 10.8. The predicted octanol–water partition coefficient (Wildman–Crippen LogP) is 9.58. The predicted molar refractivity (Wildman–Crippen MR) is 166 cm³/mol. The molecule has 0 saturated heterocycles. The van der Waals surface area contributed by atoms with Gasteiger partial charge in [-0.25, -0.2) is 8.42 Å². The largest absolute Gasteiger partial charge is 0.219 e. The van der Waals surface area contributed by atoms with E-state index in [1.807, 2.05) is 18.2 Å². The highest BCUT2D eigenvalue weighted by Crippen LogP contribution is 2.55. The zero-order valence-electron chi connectivity index (χ0n) is 22.7. The first-order valence-electron chi connectivity index (χ1n) is 14.0. The van der Waals surface area contributed by atoms with Crippen LogP contribution in [0.1, 0.15) is 37.8 Å². The maximum absolute atomic E-state index is 13.3. The lowest BCUT2D eigenvalue weighted by Crippen LogP contribution is -2.29. The molecule has 0 spiro atoms. The van der Waals surface area contributed by atoms with Crippen molar-refractivity contribution in [3.63, 3.8) is 0 Å². The molecule has 3 heteroatoms. The van der Waals surface area contributed by atoms with Crippen LogP contribution in [0, 0.1) is 0 Å². The maximum atomic E-state index is 13.3. The second-order valence-corrected chi connectivity index (χ2v) is 12.6. The summed E-state index contributed by atoms with van der Waals surface area (Å²) < 4.78 is 26.6. The SMILES string of the molecule is CCC1(CC)c2ccccc2-c2c3ccccc3c(-c3ccc(S(=O)(=O)c4ccccc4)cc3)c3cccc1c23. The van der Waals surface area contributed by atoms with Gasteiger partial charge in [0.25, 0.3) is 0 Å². The van der Waals surface area contributed by atoms with Crippen LogP contribution in [0.15, 0.2) is 131 Å². The summed E-state index contributed by atoms with van der Waals surface area (Å²) in [5.41, 5.74) is 7.54. The van der Waals surface area contributed by atoms with Crippen LogP contribution >= 0.6 is 0 Å². The molecule has 0 atom stereocenters. The zero-order chi connectivity index (χ0) is 27.5. The van der Waals surface area contributed by atoms with E-state index in [9.17, 15) is 8.42 Å². The lowest BCUT2D eigenvalue weighted by Gasteiger charge is -2.40. The maximum Gasteiger partial charge on any atom is 0.206 e. The van der Waals surface area contributed by atoms with E-state index in [0.717, 1.165) is 24.0 Å². The van der Waals surface area contributed by atoms with Crippen molar-refractivity contribution in [2.24, 2.45) is 0 Å². The fourth-order valence-electron chi connectivity index (χ4n) is 7.03. The van der Waals surface area contributed by atoms with Gasteiger partial charge in [-0.05, 0) is 92.0 Å². The second-order valence-electron chi connectivity index (χ2n) is 10.7. The van der Waals surface area contributed by atoms with Crippen LogP contribution in [-0.2, 0) is 15.3 Å². The van der Waals surface area contributed by atoms with Gasteiger partial charge in [0.15, 0.2) is 0 Å². The van der Waals surface area contributed by atoms with E-state index in [0.29, 0.717) is 9.79 Å². The minimum atomic E-state index is -3.59. The molecule has 0 N–H and O–H groups in total. The quantitative estimate of drug-likeness (QED) is 0.205. The van der Waals surface area contributed by atoms with E-state index in [4.69, 9.17) is 0 Å². The Kier molecular flexibility index (Phi) is 5.69.